The molecule has 0 saturated carbocycles. The molecule has 1 unspecified atom stereocenters. The molecule has 26 heavy (non-hydrogen) atoms. The van der Waals surface area contributed by atoms with Crippen LogP contribution in [0.25, 0.3) is 11.3 Å². The maximum absolute atomic E-state index is 12.5. The average molecular weight is 381 g/mol. The third kappa shape index (κ3) is 4.17. The minimum atomic E-state index is -0.600. The van der Waals surface area contributed by atoms with Crippen LogP contribution in [-0.4, -0.2) is 42.4 Å². The number of benzene rings is 1. The zero-order valence-electron chi connectivity index (χ0n) is 14.5. The molecule has 0 N–H and O–H groups in total. The molecule has 1 fully saturated rings. The van der Waals surface area contributed by atoms with E-state index in [4.69, 9.17) is 21.0 Å². The van der Waals surface area contributed by atoms with Crippen molar-refractivity contribution in [1.82, 2.24) is 9.64 Å². The van der Waals surface area contributed by atoms with E-state index < -0.39 is 17.4 Å². The molecular formula is C18H21ClN2O5. The molecule has 1 atom stereocenters. The van der Waals surface area contributed by atoms with Crippen molar-refractivity contribution in [2.75, 3.05) is 26.7 Å². The summed E-state index contributed by atoms with van der Waals surface area (Å²) in [5.41, 5.74) is 0.228. The van der Waals surface area contributed by atoms with Crippen LogP contribution in [0.5, 0.6) is 0 Å². The maximum Gasteiger partial charge on any atom is 0.348 e. The highest BCUT2D eigenvalue weighted by molar-refractivity contribution is 6.32. The fourth-order valence-corrected chi connectivity index (χ4v) is 3.36. The number of aromatic nitrogens is 1. The van der Waals surface area contributed by atoms with Gasteiger partial charge >= 0.3 is 11.5 Å². The van der Waals surface area contributed by atoms with E-state index in [0.29, 0.717) is 12.1 Å². The molecule has 0 bridgehead atoms. The standard InChI is InChI=1S/C18H21ClN2O5/c1-24-26-18(23)14(11-20-9-5-6-10-20)12-21-17(22)15(19)16(25-21)13-7-3-2-4-8-13/h2-4,7-8,14H,5-6,9-12H2,1H3. The van der Waals surface area contributed by atoms with Crippen LogP contribution >= 0.6 is 11.6 Å². The van der Waals surface area contributed by atoms with Crippen molar-refractivity contribution in [2.24, 2.45) is 5.92 Å². The van der Waals surface area contributed by atoms with Crippen molar-refractivity contribution in [1.29, 1.82) is 0 Å². The summed E-state index contributed by atoms with van der Waals surface area (Å²) in [5, 5.41) is -0.00349. The molecule has 0 amide bonds. The molecule has 140 valence electrons. The summed E-state index contributed by atoms with van der Waals surface area (Å²) in [4.78, 5) is 36.1. The summed E-state index contributed by atoms with van der Waals surface area (Å²) in [7, 11) is 1.27. The van der Waals surface area contributed by atoms with Crippen LogP contribution in [0.15, 0.2) is 39.6 Å². The zero-order chi connectivity index (χ0) is 18.5. The lowest BCUT2D eigenvalue weighted by molar-refractivity contribution is -0.260. The Morgan fingerprint density at radius 3 is 2.58 bits per heavy atom. The van der Waals surface area contributed by atoms with Crippen molar-refractivity contribution in [3.8, 4) is 11.3 Å². The molecule has 1 aliphatic heterocycles. The van der Waals surface area contributed by atoms with Gasteiger partial charge in [0.2, 0.25) is 0 Å². The van der Waals surface area contributed by atoms with Crippen LogP contribution < -0.4 is 5.56 Å². The molecule has 0 spiro atoms. The molecule has 1 aromatic carbocycles. The van der Waals surface area contributed by atoms with Gasteiger partial charge in [0.15, 0.2) is 10.8 Å². The van der Waals surface area contributed by atoms with E-state index in [-0.39, 0.29) is 17.3 Å². The number of nitrogens with zero attached hydrogens (tertiary/aromatic N) is 2. The van der Waals surface area contributed by atoms with Crippen LogP contribution in [0.3, 0.4) is 0 Å². The van der Waals surface area contributed by atoms with E-state index in [1.807, 2.05) is 18.2 Å². The highest BCUT2D eigenvalue weighted by atomic mass is 35.5. The van der Waals surface area contributed by atoms with E-state index in [2.05, 4.69) is 9.79 Å². The number of carbonyl (C=O) groups is 1. The normalized spacial score (nSPS) is 15.9. The Kier molecular flexibility index (Phi) is 6.13. The minimum Gasteiger partial charge on any atom is -0.374 e. The smallest absolute Gasteiger partial charge is 0.348 e. The van der Waals surface area contributed by atoms with Gasteiger partial charge in [-0.15, -0.1) is 0 Å². The maximum atomic E-state index is 12.5. The summed E-state index contributed by atoms with van der Waals surface area (Å²) in [6.45, 7) is 2.33. The largest absolute Gasteiger partial charge is 0.374 e. The van der Waals surface area contributed by atoms with Crippen LogP contribution in [0.1, 0.15) is 12.8 Å². The highest BCUT2D eigenvalue weighted by Crippen LogP contribution is 2.26. The van der Waals surface area contributed by atoms with Gasteiger partial charge in [-0.25, -0.2) is 4.79 Å². The first-order valence-corrected chi connectivity index (χ1v) is 8.90. The Morgan fingerprint density at radius 1 is 1.23 bits per heavy atom. The number of hydrogen-bond acceptors (Lipinski definition) is 6. The highest BCUT2D eigenvalue weighted by Gasteiger charge is 2.28. The summed E-state index contributed by atoms with van der Waals surface area (Å²) in [6, 6.07) is 9.12. The Morgan fingerprint density at radius 2 is 1.92 bits per heavy atom. The predicted molar refractivity (Wildman–Crippen MR) is 95.7 cm³/mol. The third-order valence-electron chi connectivity index (χ3n) is 4.41. The quantitative estimate of drug-likeness (QED) is 0.543. The molecule has 2 heterocycles. The lowest BCUT2D eigenvalue weighted by Crippen LogP contribution is -2.36. The van der Waals surface area contributed by atoms with Gasteiger partial charge in [-0.2, -0.15) is 9.63 Å². The van der Waals surface area contributed by atoms with Gasteiger partial charge in [0.1, 0.15) is 0 Å². The number of hydrogen-bond donors (Lipinski definition) is 0. The van der Waals surface area contributed by atoms with E-state index in [9.17, 15) is 9.59 Å². The second-order valence-corrected chi connectivity index (χ2v) is 6.62. The Balaban J connectivity index is 1.83. The lowest BCUT2D eigenvalue weighted by atomic mass is 10.1. The van der Waals surface area contributed by atoms with Gasteiger partial charge in [0, 0.05) is 12.1 Å². The molecule has 2 aromatic rings. The number of halogens is 1. The van der Waals surface area contributed by atoms with Gasteiger partial charge in [-0.3, -0.25) is 9.68 Å². The van der Waals surface area contributed by atoms with Crippen LogP contribution in [0.2, 0.25) is 5.02 Å². The second kappa shape index (κ2) is 8.53. The fraction of sp³-hybridized carbons (Fsp3) is 0.444. The summed E-state index contributed by atoms with van der Waals surface area (Å²) >= 11 is 6.16. The molecule has 7 nitrogen and oxygen atoms in total. The molecule has 3 rings (SSSR count). The topological polar surface area (TPSA) is 73.9 Å². The summed E-state index contributed by atoms with van der Waals surface area (Å²) in [5.74, 6) is -0.853. The first kappa shape index (κ1) is 18.7. The van der Waals surface area contributed by atoms with Gasteiger partial charge in [-0.1, -0.05) is 41.9 Å². The zero-order valence-corrected chi connectivity index (χ0v) is 15.3. The van der Waals surface area contributed by atoms with E-state index in [1.165, 1.54) is 7.11 Å². The SMILES string of the molecule is COOC(=O)C(CN1CCCC1)Cn1oc(-c2ccccc2)c(Cl)c1=O. The Labute approximate surface area is 155 Å². The Bertz CT molecular complexity index is 796. The first-order valence-electron chi connectivity index (χ1n) is 8.52. The molecule has 1 saturated heterocycles. The van der Waals surface area contributed by atoms with Crippen molar-refractivity contribution in [2.45, 2.75) is 19.4 Å². The molecule has 0 aliphatic carbocycles. The van der Waals surface area contributed by atoms with Gasteiger partial charge in [-0.05, 0) is 25.9 Å². The van der Waals surface area contributed by atoms with Crippen molar-refractivity contribution in [3.63, 3.8) is 0 Å². The van der Waals surface area contributed by atoms with Gasteiger partial charge in [0.25, 0.3) is 0 Å². The van der Waals surface area contributed by atoms with E-state index in [0.717, 1.165) is 30.7 Å². The number of likely N-dealkylation sites (tertiary alicyclic amines) is 1. The average Bonchev–Trinajstić information content (AvgIpc) is 3.26. The minimum absolute atomic E-state index is 0.00349. The van der Waals surface area contributed by atoms with Crippen LogP contribution in [0, 0.1) is 5.92 Å². The lowest BCUT2D eigenvalue weighted by Gasteiger charge is -2.20. The fourth-order valence-electron chi connectivity index (χ4n) is 3.12. The third-order valence-corrected chi connectivity index (χ3v) is 4.75. The number of carbonyl (C=O) groups excluding carboxylic acids is 1. The molecule has 1 aromatic heterocycles. The van der Waals surface area contributed by atoms with Crippen molar-refractivity contribution < 1.29 is 19.1 Å². The monoisotopic (exact) mass is 380 g/mol. The summed E-state index contributed by atoms with van der Waals surface area (Å²) in [6.07, 6.45) is 2.19. The van der Waals surface area contributed by atoms with Crippen molar-refractivity contribution >= 4 is 17.6 Å². The van der Waals surface area contributed by atoms with E-state index >= 15 is 0 Å². The number of rotatable bonds is 7. The second-order valence-electron chi connectivity index (χ2n) is 6.24. The van der Waals surface area contributed by atoms with Crippen molar-refractivity contribution in [3.05, 3.63) is 45.7 Å². The van der Waals surface area contributed by atoms with E-state index in [1.54, 1.807) is 12.1 Å². The Hall–Kier alpha value is -2.09. The first-order chi connectivity index (χ1) is 12.6. The van der Waals surface area contributed by atoms with Gasteiger partial charge < -0.3 is 9.42 Å². The molecule has 1 aliphatic rings. The molecule has 0 radical (unpaired) electrons. The van der Waals surface area contributed by atoms with Gasteiger partial charge in [0.05, 0.1) is 19.6 Å². The van der Waals surface area contributed by atoms with Crippen LogP contribution in [-0.2, 0) is 21.1 Å². The predicted octanol–water partition coefficient (Wildman–Crippen LogP) is 2.58. The molecule has 8 heteroatoms. The van der Waals surface area contributed by atoms with Crippen LogP contribution in [0.4, 0.5) is 0 Å². The molecular weight excluding hydrogens is 360 g/mol. The summed E-state index contributed by atoms with van der Waals surface area (Å²) < 4.78 is 6.77.